The third-order valence-electron chi connectivity index (χ3n) is 5.68. The van der Waals surface area contributed by atoms with Crippen LogP contribution in [0.1, 0.15) is 61.5 Å². The molecule has 6 nitrogen and oxygen atoms in total. The second kappa shape index (κ2) is 6.74. The monoisotopic (exact) mass is 354 g/mol. The molecule has 0 aliphatic carbocycles. The van der Waals surface area contributed by atoms with Crippen LogP contribution in [-0.4, -0.2) is 38.2 Å². The standard InChI is InChI=1S/C20H26N4O2/c1-14-5-8-16(9-6-14)13-23-20(26)24-17(10-7-15(2)18(24)21-23)19(25)22-11-3-4-12-22/h5-6,8-9,15,17H,3-4,7,10-13H2,1-2H3. The van der Waals surface area contributed by atoms with Crippen molar-refractivity contribution in [2.45, 2.75) is 58.0 Å². The smallest absolute Gasteiger partial charge is 0.341 e. The lowest BCUT2D eigenvalue weighted by molar-refractivity contribution is -0.134. The largest absolute Gasteiger partial charge is 0.347 e. The van der Waals surface area contributed by atoms with Crippen molar-refractivity contribution in [3.05, 3.63) is 51.7 Å². The second-order valence-corrected chi connectivity index (χ2v) is 7.68. The normalized spacial score (nSPS) is 22.5. The van der Waals surface area contributed by atoms with E-state index in [9.17, 15) is 9.59 Å². The van der Waals surface area contributed by atoms with E-state index in [4.69, 9.17) is 0 Å². The van der Waals surface area contributed by atoms with Gasteiger partial charge in [-0.15, -0.1) is 0 Å². The van der Waals surface area contributed by atoms with Crippen molar-refractivity contribution in [2.75, 3.05) is 13.1 Å². The Hall–Kier alpha value is -2.37. The van der Waals surface area contributed by atoms with Crippen molar-refractivity contribution in [1.82, 2.24) is 19.2 Å². The zero-order chi connectivity index (χ0) is 18.3. The maximum atomic E-state index is 13.1. The first-order chi connectivity index (χ1) is 12.5. The van der Waals surface area contributed by atoms with Crippen molar-refractivity contribution in [2.24, 2.45) is 0 Å². The minimum absolute atomic E-state index is 0.0904. The fraction of sp³-hybridized carbons (Fsp3) is 0.550. The number of amides is 1. The molecule has 138 valence electrons. The Balaban J connectivity index is 1.67. The predicted octanol–water partition coefficient (Wildman–Crippen LogP) is 2.46. The van der Waals surface area contributed by atoms with Crippen LogP contribution in [0.5, 0.6) is 0 Å². The lowest BCUT2D eigenvalue weighted by Crippen LogP contribution is -2.41. The van der Waals surface area contributed by atoms with Gasteiger partial charge < -0.3 is 4.90 Å². The fourth-order valence-corrected chi connectivity index (χ4v) is 4.08. The van der Waals surface area contributed by atoms with E-state index in [1.807, 2.05) is 36.1 Å². The van der Waals surface area contributed by atoms with E-state index in [0.29, 0.717) is 6.54 Å². The van der Waals surface area contributed by atoms with Gasteiger partial charge in [0.25, 0.3) is 0 Å². The van der Waals surface area contributed by atoms with E-state index in [1.54, 1.807) is 4.57 Å². The first kappa shape index (κ1) is 17.1. The van der Waals surface area contributed by atoms with Crippen molar-refractivity contribution in [3.63, 3.8) is 0 Å². The van der Waals surface area contributed by atoms with Gasteiger partial charge in [0.05, 0.1) is 6.54 Å². The van der Waals surface area contributed by atoms with Gasteiger partial charge >= 0.3 is 5.69 Å². The molecule has 2 aromatic rings. The molecule has 0 bridgehead atoms. The maximum Gasteiger partial charge on any atom is 0.347 e. The van der Waals surface area contributed by atoms with Crippen LogP contribution in [-0.2, 0) is 11.3 Å². The summed E-state index contributed by atoms with van der Waals surface area (Å²) in [5, 5.41) is 4.60. The van der Waals surface area contributed by atoms with Crippen LogP contribution in [0.15, 0.2) is 29.1 Å². The molecule has 2 aliphatic rings. The van der Waals surface area contributed by atoms with E-state index in [2.05, 4.69) is 12.0 Å². The van der Waals surface area contributed by atoms with Crippen molar-refractivity contribution >= 4 is 5.91 Å². The Labute approximate surface area is 153 Å². The number of carbonyl (C=O) groups excluding carboxylic acids is 1. The van der Waals surface area contributed by atoms with Gasteiger partial charge in [0.1, 0.15) is 11.9 Å². The highest BCUT2D eigenvalue weighted by Gasteiger charge is 2.36. The molecular formula is C20H26N4O2. The average molecular weight is 354 g/mol. The summed E-state index contributed by atoms with van der Waals surface area (Å²) in [4.78, 5) is 27.9. The molecule has 2 aliphatic heterocycles. The van der Waals surface area contributed by atoms with E-state index < -0.39 is 6.04 Å². The predicted molar refractivity (Wildman–Crippen MR) is 99.3 cm³/mol. The van der Waals surface area contributed by atoms with Crippen LogP contribution in [0.2, 0.25) is 0 Å². The number of hydrogen-bond donors (Lipinski definition) is 0. The van der Waals surface area contributed by atoms with Crippen molar-refractivity contribution in [3.8, 4) is 0 Å². The van der Waals surface area contributed by atoms with Crippen LogP contribution in [0.25, 0.3) is 0 Å². The highest BCUT2D eigenvalue weighted by atomic mass is 16.2. The molecule has 0 spiro atoms. The fourth-order valence-electron chi connectivity index (χ4n) is 4.08. The van der Waals surface area contributed by atoms with E-state index in [-0.39, 0.29) is 17.5 Å². The first-order valence-electron chi connectivity index (χ1n) is 9.58. The lowest BCUT2D eigenvalue weighted by Gasteiger charge is -2.29. The van der Waals surface area contributed by atoms with Gasteiger partial charge in [-0.2, -0.15) is 5.10 Å². The Morgan fingerprint density at radius 2 is 1.85 bits per heavy atom. The van der Waals surface area contributed by atoms with Gasteiger partial charge in [-0.3, -0.25) is 9.36 Å². The molecule has 1 aromatic carbocycles. The minimum atomic E-state index is -0.390. The Morgan fingerprint density at radius 3 is 2.54 bits per heavy atom. The van der Waals surface area contributed by atoms with Gasteiger partial charge in [0.2, 0.25) is 5.91 Å². The van der Waals surface area contributed by atoms with Crippen LogP contribution >= 0.6 is 0 Å². The molecule has 1 fully saturated rings. The molecule has 2 unspecified atom stereocenters. The van der Waals surface area contributed by atoms with Gasteiger partial charge in [-0.05, 0) is 38.2 Å². The van der Waals surface area contributed by atoms with Gasteiger partial charge in [-0.1, -0.05) is 36.8 Å². The Kier molecular flexibility index (Phi) is 4.42. The Bertz CT molecular complexity index is 859. The maximum absolute atomic E-state index is 13.1. The van der Waals surface area contributed by atoms with E-state index in [0.717, 1.165) is 50.2 Å². The number of carbonyl (C=O) groups is 1. The number of aryl methyl sites for hydroxylation is 1. The zero-order valence-corrected chi connectivity index (χ0v) is 15.5. The van der Waals surface area contributed by atoms with Gasteiger partial charge in [0.15, 0.2) is 0 Å². The lowest BCUT2D eigenvalue weighted by atomic mass is 9.95. The third-order valence-corrected chi connectivity index (χ3v) is 5.68. The van der Waals surface area contributed by atoms with E-state index in [1.165, 1.54) is 10.2 Å². The van der Waals surface area contributed by atoms with Gasteiger partial charge in [0, 0.05) is 19.0 Å². The second-order valence-electron chi connectivity index (χ2n) is 7.68. The number of rotatable bonds is 3. The van der Waals surface area contributed by atoms with Crippen molar-refractivity contribution in [1.29, 1.82) is 0 Å². The number of fused-ring (bicyclic) bond motifs is 1. The summed E-state index contributed by atoms with van der Waals surface area (Å²) in [6, 6.07) is 7.74. The molecule has 0 radical (unpaired) electrons. The molecule has 1 amide bonds. The minimum Gasteiger partial charge on any atom is -0.341 e. The number of aromatic nitrogens is 3. The zero-order valence-electron chi connectivity index (χ0n) is 15.5. The SMILES string of the molecule is Cc1ccc(Cn2nc3n(c2=O)C(C(=O)N2CCCC2)CCC3C)cc1. The number of benzene rings is 1. The summed E-state index contributed by atoms with van der Waals surface area (Å²) < 4.78 is 3.19. The molecule has 4 rings (SSSR count). The summed E-state index contributed by atoms with van der Waals surface area (Å²) in [5.41, 5.74) is 2.07. The van der Waals surface area contributed by atoms with Crippen LogP contribution < -0.4 is 5.69 Å². The first-order valence-corrected chi connectivity index (χ1v) is 9.58. The highest BCUT2D eigenvalue weighted by molar-refractivity contribution is 5.81. The van der Waals surface area contributed by atoms with Crippen LogP contribution in [0, 0.1) is 6.92 Å². The molecule has 1 aromatic heterocycles. The molecule has 0 saturated carbocycles. The molecule has 2 atom stereocenters. The Morgan fingerprint density at radius 1 is 1.15 bits per heavy atom. The summed E-state index contributed by atoms with van der Waals surface area (Å²) >= 11 is 0. The molecule has 3 heterocycles. The molecule has 1 saturated heterocycles. The van der Waals surface area contributed by atoms with Crippen molar-refractivity contribution < 1.29 is 4.79 Å². The molecule has 0 N–H and O–H groups in total. The van der Waals surface area contributed by atoms with Gasteiger partial charge in [-0.25, -0.2) is 9.48 Å². The average Bonchev–Trinajstić information content (AvgIpc) is 3.27. The molecule has 6 heteroatoms. The highest BCUT2D eigenvalue weighted by Crippen LogP contribution is 2.32. The number of nitrogens with zero attached hydrogens (tertiary/aromatic N) is 4. The van der Waals surface area contributed by atoms with Crippen LogP contribution in [0.3, 0.4) is 0 Å². The number of hydrogen-bond acceptors (Lipinski definition) is 3. The summed E-state index contributed by atoms with van der Waals surface area (Å²) in [5.74, 6) is 1.04. The van der Waals surface area contributed by atoms with E-state index >= 15 is 0 Å². The summed E-state index contributed by atoms with van der Waals surface area (Å²) in [6.07, 6.45) is 3.73. The summed E-state index contributed by atoms with van der Waals surface area (Å²) in [7, 11) is 0. The third kappa shape index (κ3) is 2.97. The summed E-state index contributed by atoms with van der Waals surface area (Å²) in [6.45, 7) is 6.20. The molecule has 26 heavy (non-hydrogen) atoms. The number of likely N-dealkylation sites (tertiary alicyclic amines) is 1. The quantitative estimate of drug-likeness (QED) is 0.851. The van der Waals surface area contributed by atoms with Crippen LogP contribution in [0.4, 0.5) is 0 Å². The molecular weight excluding hydrogens is 328 g/mol. The topological polar surface area (TPSA) is 60.1 Å².